The van der Waals surface area contributed by atoms with Crippen molar-refractivity contribution in [2.75, 3.05) is 0 Å². The van der Waals surface area contributed by atoms with Crippen molar-refractivity contribution in [3.63, 3.8) is 0 Å². The second-order valence-corrected chi connectivity index (χ2v) is 5.76. The number of hydrogen-bond donors (Lipinski definition) is 1. The van der Waals surface area contributed by atoms with Gasteiger partial charge in [-0.1, -0.05) is 42.5 Å². The van der Waals surface area contributed by atoms with Crippen LogP contribution in [-0.2, 0) is 19.7 Å². The van der Waals surface area contributed by atoms with E-state index in [0.717, 1.165) is 11.1 Å². The monoisotopic (exact) mass is 339 g/mol. The van der Waals surface area contributed by atoms with E-state index in [9.17, 15) is 8.78 Å². The third kappa shape index (κ3) is 5.13. The summed E-state index contributed by atoms with van der Waals surface area (Å²) in [5.41, 5.74) is 2.61. The molecular formula is C21H19F2NO. The van der Waals surface area contributed by atoms with Crippen LogP contribution in [0, 0.1) is 11.6 Å². The highest BCUT2D eigenvalue weighted by Gasteiger charge is 2.03. The first-order valence-corrected chi connectivity index (χ1v) is 8.11. The molecule has 3 rings (SSSR count). The minimum Gasteiger partial charge on any atom is -0.489 e. The van der Waals surface area contributed by atoms with Gasteiger partial charge in [0.25, 0.3) is 0 Å². The molecule has 0 saturated carbocycles. The normalized spacial score (nSPS) is 10.6. The van der Waals surface area contributed by atoms with E-state index in [1.807, 2.05) is 24.3 Å². The first kappa shape index (κ1) is 17.1. The molecule has 0 aromatic heterocycles. The summed E-state index contributed by atoms with van der Waals surface area (Å²) >= 11 is 0. The lowest BCUT2D eigenvalue weighted by Gasteiger charge is -2.10. The summed E-state index contributed by atoms with van der Waals surface area (Å²) in [5.74, 6) is 0.201. The maximum absolute atomic E-state index is 13.6. The third-order valence-corrected chi connectivity index (χ3v) is 3.82. The SMILES string of the molecule is Fc1ccc(CNCc2cccc(OCc3ccccc3F)c2)cc1. The smallest absolute Gasteiger partial charge is 0.129 e. The third-order valence-electron chi connectivity index (χ3n) is 3.82. The van der Waals surface area contributed by atoms with Gasteiger partial charge in [0, 0.05) is 18.7 Å². The zero-order valence-electron chi connectivity index (χ0n) is 13.7. The van der Waals surface area contributed by atoms with Crippen molar-refractivity contribution in [2.24, 2.45) is 0 Å². The molecule has 128 valence electrons. The van der Waals surface area contributed by atoms with Crippen molar-refractivity contribution in [3.8, 4) is 5.75 Å². The minimum atomic E-state index is -0.264. The molecule has 0 fully saturated rings. The highest BCUT2D eigenvalue weighted by Crippen LogP contribution is 2.16. The molecular weight excluding hydrogens is 320 g/mol. The summed E-state index contributed by atoms with van der Waals surface area (Å²) < 4.78 is 32.2. The lowest BCUT2D eigenvalue weighted by Crippen LogP contribution is -2.12. The van der Waals surface area contributed by atoms with E-state index in [1.165, 1.54) is 18.2 Å². The summed E-state index contributed by atoms with van der Waals surface area (Å²) in [4.78, 5) is 0. The van der Waals surface area contributed by atoms with Gasteiger partial charge in [0.2, 0.25) is 0 Å². The zero-order chi connectivity index (χ0) is 17.5. The van der Waals surface area contributed by atoms with Crippen molar-refractivity contribution < 1.29 is 13.5 Å². The molecule has 0 atom stereocenters. The number of ether oxygens (including phenoxy) is 1. The standard InChI is InChI=1S/C21H19F2NO/c22-19-10-8-16(9-11-19)13-24-14-17-4-3-6-20(12-17)25-15-18-5-1-2-7-21(18)23/h1-12,24H,13-15H2. The molecule has 4 heteroatoms. The Labute approximate surface area is 146 Å². The maximum Gasteiger partial charge on any atom is 0.129 e. The van der Waals surface area contributed by atoms with E-state index in [2.05, 4.69) is 5.32 Å². The molecule has 0 amide bonds. The van der Waals surface area contributed by atoms with E-state index < -0.39 is 0 Å². The molecule has 0 aliphatic heterocycles. The molecule has 0 aliphatic rings. The molecule has 3 aromatic carbocycles. The van der Waals surface area contributed by atoms with Gasteiger partial charge in [-0.3, -0.25) is 0 Å². The summed E-state index contributed by atoms with van der Waals surface area (Å²) in [6.07, 6.45) is 0. The zero-order valence-corrected chi connectivity index (χ0v) is 13.7. The Hall–Kier alpha value is -2.72. The van der Waals surface area contributed by atoms with Crippen LogP contribution in [0.3, 0.4) is 0 Å². The topological polar surface area (TPSA) is 21.3 Å². The molecule has 0 aliphatic carbocycles. The minimum absolute atomic E-state index is 0.194. The Bertz CT molecular complexity index is 818. The van der Waals surface area contributed by atoms with Gasteiger partial charge in [0.05, 0.1) is 0 Å². The summed E-state index contributed by atoms with van der Waals surface area (Å²) in [6.45, 7) is 1.51. The maximum atomic E-state index is 13.6. The Morgan fingerprint density at radius 3 is 2.32 bits per heavy atom. The molecule has 1 N–H and O–H groups in total. The molecule has 3 aromatic rings. The van der Waals surface area contributed by atoms with E-state index in [4.69, 9.17) is 4.74 Å². The van der Waals surface area contributed by atoms with Crippen LogP contribution < -0.4 is 10.1 Å². The number of nitrogens with one attached hydrogen (secondary N) is 1. The van der Waals surface area contributed by atoms with Crippen LogP contribution in [0.1, 0.15) is 16.7 Å². The lowest BCUT2D eigenvalue weighted by atomic mass is 10.2. The van der Waals surface area contributed by atoms with Crippen molar-refractivity contribution in [1.29, 1.82) is 0 Å². The van der Waals surface area contributed by atoms with Crippen LogP contribution >= 0.6 is 0 Å². The average molecular weight is 339 g/mol. The molecule has 25 heavy (non-hydrogen) atoms. The van der Waals surface area contributed by atoms with E-state index in [0.29, 0.717) is 24.4 Å². The van der Waals surface area contributed by atoms with Crippen LogP contribution in [0.25, 0.3) is 0 Å². The van der Waals surface area contributed by atoms with Gasteiger partial charge in [-0.15, -0.1) is 0 Å². The fourth-order valence-electron chi connectivity index (χ4n) is 2.48. The Morgan fingerprint density at radius 1 is 0.760 bits per heavy atom. The Balaban J connectivity index is 1.52. The average Bonchev–Trinajstić information content (AvgIpc) is 2.63. The van der Waals surface area contributed by atoms with Crippen LogP contribution in [0.4, 0.5) is 8.78 Å². The van der Waals surface area contributed by atoms with Crippen molar-refractivity contribution in [3.05, 3.63) is 101 Å². The number of hydrogen-bond acceptors (Lipinski definition) is 2. The molecule has 0 radical (unpaired) electrons. The number of halogens is 2. The summed E-state index contributed by atoms with van der Waals surface area (Å²) in [5, 5.41) is 3.31. The highest BCUT2D eigenvalue weighted by molar-refractivity contribution is 5.29. The molecule has 0 heterocycles. The number of benzene rings is 3. The van der Waals surface area contributed by atoms with Crippen LogP contribution in [0.5, 0.6) is 5.75 Å². The Kier molecular flexibility index (Phi) is 5.75. The molecule has 0 saturated heterocycles. The predicted molar refractivity (Wildman–Crippen MR) is 94.1 cm³/mol. The first-order valence-electron chi connectivity index (χ1n) is 8.11. The first-order chi connectivity index (χ1) is 12.2. The number of rotatable bonds is 7. The molecule has 0 bridgehead atoms. The van der Waals surface area contributed by atoms with Gasteiger partial charge in [0.15, 0.2) is 0 Å². The van der Waals surface area contributed by atoms with E-state index in [1.54, 1.807) is 30.3 Å². The highest BCUT2D eigenvalue weighted by atomic mass is 19.1. The fourth-order valence-corrected chi connectivity index (χ4v) is 2.48. The quantitative estimate of drug-likeness (QED) is 0.665. The van der Waals surface area contributed by atoms with Crippen molar-refractivity contribution >= 4 is 0 Å². The van der Waals surface area contributed by atoms with Gasteiger partial charge >= 0.3 is 0 Å². The summed E-state index contributed by atoms with van der Waals surface area (Å²) in [7, 11) is 0. The van der Waals surface area contributed by atoms with Gasteiger partial charge < -0.3 is 10.1 Å². The van der Waals surface area contributed by atoms with Crippen LogP contribution in [0.2, 0.25) is 0 Å². The van der Waals surface area contributed by atoms with Crippen LogP contribution in [-0.4, -0.2) is 0 Å². The van der Waals surface area contributed by atoms with E-state index >= 15 is 0 Å². The van der Waals surface area contributed by atoms with E-state index in [-0.39, 0.29) is 18.2 Å². The second-order valence-electron chi connectivity index (χ2n) is 5.76. The molecule has 0 spiro atoms. The second kappa shape index (κ2) is 8.40. The van der Waals surface area contributed by atoms with Crippen LogP contribution in [0.15, 0.2) is 72.8 Å². The molecule has 2 nitrogen and oxygen atoms in total. The molecule has 0 unspecified atom stereocenters. The van der Waals surface area contributed by atoms with Gasteiger partial charge in [-0.05, 0) is 41.5 Å². The van der Waals surface area contributed by atoms with Crippen molar-refractivity contribution in [1.82, 2.24) is 5.32 Å². The fraction of sp³-hybridized carbons (Fsp3) is 0.143. The van der Waals surface area contributed by atoms with Crippen molar-refractivity contribution in [2.45, 2.75) is 19.7 Å². The summed E-state index contributed by atoms with van der Waals surface area (Å²) in [6, 6.07) is 20.7. The predicted octanol–water partition coefficient (Wildman–Crippen LogP) is 4.83. The van der Waals surface area contributed by atoms with Gasteiger partial charge in [0.1, 0.15) is 24.0 Å². The largest absolute Gasteiger partial charge is 0.489 e. The van der Waals surface area contributed by atoms with Gasteiger partial charge in [-0.2, -0.15) is 0 Å². The Morgan fingerprint density at radius 2 is 1.52 bits per heavy atom. The lowest BCUT2D eigenvalue weighted by molar-refractivity contribution is 0.299. The van der Waals surface area contributed by atoms with Gasteiger partial charge in [-0.25, -0.2) is 8.78 Å².